The number of rotatable bonds is 3. The summed E-state index contributed by atoms with van der Waals surface area (Å²) in [6.07, 6.45) is 0. The third-order valence-electron chi connectivity index (χ3n) is 3.23. The standard InChI is InChI=1S/C14H16N2O4S/c1-8-5-6-12(7-9(8)2)14(17)16-21(18,19)13-10(3)15-20-11(13)4/h5-7H,1-4H3,(H,16,17). The SMILES string of the molecule is Cc1ccc(C(=O)NS(=O)(=O)c2c(C)noc2C)cc1C. The predicted octanol–water partition coefficient (Wildman–Crippen LogP) is 2.03. The minimum atomic E-state index is -4.00. The van der Waals surface area contributed by atoms with Crippen LogP contribution >= 0.6 is 0 Å². The van der Waals surface area contributed by atoms with Gasteiger partial charge in [0.1, 0.15) is 5.69 Å². The highest BCUT2D eigenvalue weighted by molar-refractivity contribution is 7.90. The Morgan fingerprint density at radius 1 is 1.14 bits per heavy atom. The second-order valence-corrected chi connectivity index (χ2v) is 6.51. The number of nitrogens with one attached hydrogen (secondary N) is 1. The fraction of sp³-hybridized carbons (Fsp3) is 0.286. The highest BCUT2D eigenvalue weighted by atomic mass is 32.2. The molecule has 21 heavy (non-hydrogen) atoms. The van der Waals surface area contributed by atoms with Crippen LogP contribution in [0.4, 0.5) is 0 Å². The fourth-order valence-electron chi connectivity index (χ4n) is 1.97. The van der Waals surface area contributed by atoms with Crippen LogP contribution in [-0.2, 0) is 10.0 Å². The molecule has 0 spiro atoms. The molecule has 0 aliphatic carbocycles. The maximum absolute atomic E-state index is 12.2. The van der Waals surface area contributed by atoms with Crippen molar-refractivity contribution in [2.75, 3.05) is 0 Å². The van der Waals surface area contributed by atoms with Crippen LogP contribution in [0, 0.1) is 27.7 Å². The number of aryl methyl sites for hydroxylation is 4. The molecule has 1 amide bonds. The van der Waals surface area contributed by atoms with Gasteiger partial charge in [-0.15, -0.1) is 0 Å². The van der Waals surface area contributed by atoms with E-state index in [0.717, 1.165) is 11.1 Å². The third-order valence-corrected chi connectivity index (χ3v) is 4.81. The van der Waals surface area contributed by atoms with Gasteiger partial charge in [0, 0.05) is 5.56 Å². The molecule has 112 valence electrons. The van der Waals surface area contributed by atoms with Crippen molar-refractivity contribution in [2.45, 2.75) is 32.6 Å². The largest absolute Gasteiger partial charge is 0.360 e. The number of aromatic nitrogens is 1. The molecular formula is C14H16N2O4S. The highest BCUT2D eigenvalue weighted by Crippen LogP contribution is 2.19. The van der Waals surface area contributed by atoms with E-state index in [1.54, 1.807) is 18.2 Å². The summed E-state index contributed by atoms with van der Waals surface area (Å²) in [7, 11) is -4.00. The van der Waals surface area contributed by atoms with Gasteiger partial charge in [-0.3, -0.25) is 4.79 Å². The first-order valence-corrected chi connectivity index (χ1v) is 7.78. The fourth-order valence-corrected chi connectivity index (χ4v) is 3.28. The Bertz CT molecular complexity index is 787. The summed E-state index contributed by atoms with van der Waals surface area (Å²) < 4.78 is 31.3. The van der Waals surface area contributed by atoms with Gasteiger partial charge in [-0.2, -0.15) is 0 Å². The normalized spacial score (nSPS) is 11.4. The maximum Gasteiger partial charge on any atom is 0.269 e. The van der Waals surface area contributed by atoms with Gasteiger partial charge in [-0.25, -0.2) is 13.1 Å². The van der Waals surface area contributed by atoms with E-state index >= 15 is 0 Å². The highest BCUT2D eigenvalue weighted by Gasteiger charge is 2.26. The summed E-state index contributed by atoms with van der Waals surface area (Å²) >= 11 is 0. The number of carbonyl (C=O) groups is 1. The Kier molecular flexibility index (Phi) is 3.87. The van der Waals surface area contributed by atoms with E-state index in [9.17, 15) is 13.2 Å². The molecule has 1 N–H and O–H groups in total. The summed E-state index contributed by atoms with van der Waals surface area (Å²) in [5.74, 6) is -0.536. The number of benzene rings is 1. The van der Waals surface area contributed by atoms with E-state index in [1.807, 2.05) is 18.6 Å². The van der Waals surface area contributed by atoms with Crippen LogP contribution in [0.2, 0.25) is 0 Å². The van der Waals surface area contributed by atoms with Gasteiger partial charge >= 0.3 is 0 Å². The lowest BCUT2D eigenvalue weighted by molar-refractivity contribution is 0.0981. The van der Waals surface area contributed by atoms with Crippen LogP contribution < -0.4 is 4.72 Å². The molecular weight excluding hydrogens is 292 g/mol. The van der Waals surface area contributed by atoms with Crippen molar-refractivity contribution in [1.29, 1.82) is 0 Å². The lowest BCUT2D eigenvalue weighted by Crippen LogP contribution is -2.31. The van der Waals surface area contributed by atoms with E-state index in [1.165, 1.54) is 13.8 Å². The summed E-state index contributed by atoms with van der Waals surface area (Å²) in [4.78, 5) is 12.0. The Balaban J connectivity index is 2.32. The molecule has 1 aromatic carbocycles. The molecule has 2 aromatic rings. The predicted molar refractivity (Wildman–Crippen MR) is 76.5 cm³/mol. The first kappa shape index (κ1) is 15.2. The molecule has 0 fully saturated rings. The first-order chi connectivity index (χ1) is 9.72. The maximum atomic E-state index is 12.2. The number of carbonyl (C=O) groups excluding carboxylic acids is 1. The Morgan fingerprint density at radius 3 is 2.33 bits per heavy atom. The monoisotopic (exact) mass is 308 g/mol. The van der Waals surface area contributed by atoms with Gasteiger partial charge in [-0.1, -0.05) is 11.2 Å². The van der Waals surface area contributed by atoms with Crippen molar-refractivity contribution < 1.29 is 17.7 Å². The molecule has 2 rings (SSSR count). The second-order valence-electron chi connectivity index (χ2n) is 4.89. The number of hydrogen-bond acceptors (Lipinski definition) is 5. The van der Waals surface area contributed by atoms with Crippen LogP contribution in [0.15, 0.2) is 27.6 Å². The van der Waals surface area contributed by atoms with Crippen LogP contribution in [0.3, 0.4) is 0 Å². The van der Waals surface area contributed by atoms with Crippen molar-refractivity contribution in [3.05, 3.63) is 46.3 Å². The van der Waals surface area contributed by atoms with Gasteiger partial charge in [0.15, 0.2) is 10.7 Å². The molecule has 6 nitrogen and oxygen atoms in total. The summed E-state index contributed by atoms with van der Waals surface area (Å²) in [6.45, 7) is 6.76. The van der Waals surface area contributed by atoms with Crippen molar-refractivity contribution in [2.24, 2.45) is 0 Å². The number of nitrogens with zero attached hydrogens (tertiary/aromatic N) is 1. The molecule has 0 radical (unpaired) electrons. The van der Waals surface area contributed by atoms with Gasteiger partial charge in [-0.05, 0) is 51.0 Å². The van der Waals surface area contributed by atoms with Crippen molar-refractivity contribution >= 4 is 15.9 Å². The zero-order chi connectivity index (χ0) is 15.8. The van der Waals surface area contributed by atoms with Crippen LogP contribution in [0.1, 0.15) is 32.9 Å². The van der Waals surface area contributed by atoms with Crippen LogP contribution in [-0.4, -0.2) is 19.5 Å². The summed E-state index contributed by atoms with van der Waals surface area (Å²) in [5, 5.41) is 3.58. The summed E-state index contributed by atoms with van der Waals surface area (Å²) in [5.41, 5.74) is 2.44. The van der Waals surface area contributed by atoms with Crippen LogP contribution in [0.25, 0.3) is 0 Å². The average Bonchev–Trinajstić information content (AvgIpc) is 2.72. The van der Waals surface area contributed by atoms with Crippen LogP contribution in [0.5, 0.6) is 0 Å². The smallest absolute Gasteiger partial charge is 0.269 e. The zero-order valence-electron chi connectivity index (χ0n) is 12.2. The quantitative estimate of drug-likeness (QED) is 0.937. The van der Waals surface area contributed by atoms with Crippen molar-refractivity contribution in [3.63, 3.8) is 0 Å². The van der Waals surface area contributed by atoms with E-state index < -0.39 is 15.9 Å². The Morgan fingerprint density at radius 2 is 1.81 bits per heavy atom. The second kappa shape index (κ2) is 5.33. The van der Waals surface area contributed by atoms with Gasteiger partial charge < -0.3 is 4.52 Å². The molecule has 0 aliphatic heterocycles. The molecule has 0 saturated heterocycles. The number of sulfonamides is 1. The molecule has 7 heteroatoms. The number of hydrogen-bond donors (Lipinski definition) is 1. The van der Waals surface area contributed by atoms with E-state index in [4.69, 9.17) is 4.52 Å². The molecule has 0 aliphatic rings. The van der Waals surface area contributed by atoms with E-state index in [2.05, 4.69) is 5.16 Å². The molecule has 0 bridgehead atoms. The zero-order valence-corrected chi connectivity index (χ0v) is 13.0. The lowest BCUT2D eigenvalue weighted by Gasteiger charge is -2.08. The van der Waals surface area contributed by atoms with Gasteiger partial charge in [0.05, 0.1) is 0 Å². The minimum absolute atomic E-state index is 0.0975. The van der Waals surface area contributed by atoms with Gasteiger partial charge in [0.25, 0.3) is 15.9 Å². The molecule has 1 aromatic heterocycles. The molecule has 1 heterocycles. The van der Waals surface area contributed by atoms with Crippen molar-refractivity contribution in [1.82, 2.24) is 9.88 Å². The van der Waals surface area contributed by atoms with E-state index in [0.29, 0.717) is 0 Å². The molecule has 0 saturated carbocycles. The van der Waals surface area contributed by atoms with Crippen molar-refractivity contribution in [3.8, 4) is 0 Å². The Hall–Kier alpha value is -2.15. The molecule has 0 atom stereocenters. The summed E-state index contributed by atoms with van der Waals surface area (Å²) in [6, 6.07) is 5.00. The Labute approximate surface area is 123 Å². The molecule has 0 unspecified atom stereocenters. The minimum Gasteiger partial charge on any atom is -0.360 e. The topological polar surface area (TPSA) is 89.3 Å². The lowest BCUT2D eigenvalue weighted by atomic mass is 10.1. The third kappa shape index (κ3) is 2.97. The average molecular weight is 308 g/mol. The first-order valence-electron chi connectivity index (χ1n) is 6.29. The number of amides is 1. The van der Waals surface area contributed by atoms with Gasteiger partial charge in [0.2, 0.25) is 0 Å². The van der Waals surface area contributed by atoms with E-state index in [-0.39, 0.29) is 21.9 Å².